The van der Waals surface area contributed by atoms with Crippen LogP contribution in [0.5, 0.6) is 0 Å². The highest BCUT2D eigenvalue weighted by atomic mass is 32.1. The average molecular weight is 485 g/mol. The van der Waals surface area contributed by atoms with Crippen molar-refractivity contribution in [2.24, 2.45) is 5.92 Å². The first kappa shape index (κ1) is 24.9. The molecule has 0 saturated carbocycles. The van der Waals surface area contributed by atoms with Gasteiger partial charge >= 0.3 is 12.1 Å². The summed E-state index contributed by atoms with van der Waals surface area (Å²) < 4.78 is 10.2. The zero-order valence-corrected chi connectivity index (χ0v) is 19.2. The van der Waals surface area contributed by atoms with Crippen LogP contribution < -0.4 is 5.32 Å². The van der Waals surface area contributed by atoms with Gasteiger partial charge < -0.3 is 9.47 Å². The Morgan fingerprint density at radius 3 is 2.53 bits per heavy atom. The van der Waals surface area contributed by atoms with E-state index >= 15 is 0 Å². The van der Waals surface area contributed by atoms with E-state index in [4.69, 9.17) is 9.47 Å². The van der Waals surface area contributed by atoms with Gasteiger partial charge in [0.15, 0.2) is 10.8 Å². The van der Waals surface area contributed by atoms with Crippen LogP contribution in [0, 0.1) is 5.92 Å². The second-order valence-electron chi connectivity index (χ2n) is 7.52. The van der Waals surface area contributed by atoms with Gasteiger partial charge in [-0.1, -0.05) is 43.5 Å². The number of fused-ring (bicyclic) bond motifs is 1. The lowest BCUT2D eigenvalue weighted by molar-refractivity contribution is -0.120. The zero-order valence-electron chi connectivity index (χ0n) is 18.3. The summed E-state index contributed by atoms with van der Waals surface area (Å²) in [5, 5.41) is 2.69. The fourth-order valence-corrected chi connectivity index (χ4v) is 3.92. The van der Waals surface area contributed by atoms with Crippen LogP contribution in [-0.4, -0.2) is 63.8 Å². The number of thiol groups is 1. The number of benzene rings is 1. The molecule has 1 N–H and O–H groups in total. The summed E-state index contributed by atoms with van der Waals surface area (Å²) in [6.07, 6.45) is 2.46. The van der Waals surface area contributed by atoms with Gasteiger partial charge in [0, 0.05) is 18.4 Å². The van der Waals surface area contributed by atoms with Crippen LogP contribution in [0.3, 0.4) is 0 Å². The van der Waals surface area contributed by atoms with Gasteiger partial charge in [-0.3, -0.25) is 19.8 Å². The summed E-state index contributed by atoms with van der Waals surface area (Å²) in [7, 11) is 0. The van der Waals surface area contributed by atoms with Crippen LogP contribution >= 0.6 is 12.6 Å². The molecular weight excluding hydrogens is 460 g/mol. The van der Waals surface area contributed by atoms with Crippen molar-refractivity contribution in [1.82, 2.24) is 14.9 Å². The Morgan fingerprint density at radius 1 is 1.12 bits per heavy atom. The number of hydrogen-bond donors (Lipinski definition) is 2. The molecule has 1 saturated heterocycles. The standard InChI is InChI=1S/C23H24N4O6S/c1-3-9-32-21(30)19-15-7-5-6-8-16(15)24-22(25-19)26-20(29)17-11-14(12-18(28)34)13-27(17)23(31)33-10-4-2/h3-8,14,17H,1-2,9-13H2,(H,28,34)(H,24,25,26,29)/t14-,17-/m0/s1. The molecular formula is C23H24N4O6S. The predicted molar refractivity (Wildman–Crippen MR) is 127 cm³/mol. The van der Waals surface area contributed by atoms with Crippen LogP contribution in [0.2, 0.25) is 0 Å². The van der Waals surface area contributed by atoms with Gasteiger partial charge in [-0.05, 0) is 18.4 Å². The fraction of sp³-hybridized carbons (Fsp3) is 0.304. The normalized spacial score (nSPS) is 17.1. The van der Waals surface area contributed by atoms with E-state index in [2.05, 4.69) is 41.1 Å². The Morgan fingerprint density at radius 2 is 1.82 bits per heavy atom. The zero-order chi connectivity index (χ0) is 24.7. The molecule has 11 heteroatoms. The molecule has 10 nitrogen and oxygen atoms in total. The van der Waals surface area contributed by atoms with Gasteiger partial charge in [-0.2, -0.15) is 0 Å². The topological polar surface area (TPSA) is 128 Å². The first-order valence-corrected chi connectivity index (χ1v) is 10.9. The average Bonchev–Trinajstić information content (AvgIpc) is 3.23. The van der Waals surface area contributed by atoms with Gasteiger partial charge in [0.2, 0.25) is 11.9 Å². The molecule has 2 heterocycles. The summed E-state index contributed by atoms with van der Waals surface area (Å²) in [6.45, 7) is 7.13. The summed E-state index contributed by atoms with van der Waals surface area (Å²) >= 11 is 3.80. The fourth-order valence-electron chi connectivity index (χ4n) is 3.67. The third kappa shape index (κ3) is 5.98. The summed E-state index contributed by atoms with van der Waals surface area (Å²) in [5.74, 6) is -1.66. The van der Waals surface area contributed by atoms with Crippen molar-refractivity contribution in [3.05, 3.63) is 55.3 Å². The molecule has 3 rings (SSSR count). The van der Waals surface area contributed by atoms with Crippen LogP contribution in [-0.2, 0) is 19.1 Å². The van der Waals surface area contributed by atoms with Gasteiger partial charge in [0.25, 0.3) is 0 Å². The SMILES string of the molecule is C=CCOC(=O)c1nc(NC(=O)[C@@H]2C[C@@H](CC(=O)S)CN2C(=O)OCC=C)nc2ccccc12. The number of hydrogen-bond acceptors (Lipinski definition) is 8. The quantitative estimate of drug-likeness (QED) is 0.316. The largest absolute Gasteiger partial charge is 0.457 e. The first-order chi connectivity index (χ1) is 16.3. The van der Waals surface area contributed by atoms with E-state index in [0.717, 1.165) is 0 Å². The molecule has 34 heavy (non-hydrogen) atoms. The smallest absolute Gasteiger partial charge is 0.410 e. The van der Waals surface area contributed by atoms with E-state index in [1.54, 1.807) is 24.3 Å². The van der Waals surface area contributed by atoms with Crippen molar-refractivity contribution in [2.45, 2.75) is 18.9 Å². The molecule has 2 amide bonds. The minimum atomic E-state index is -0.929. The maximum absolute atomic E-state index is 13.1. The predicted octanol–water partition coefficient (Wildman–Crippen LogP) is 2.77. The van der Waals surface area contributed by atoms with Crippen molar-refractivity contribution in [3.8, 4) is 0 Å². The Hall–Kier alpha value is -3.73. The molecule has 0 radical (unpaired) electrons. The van der Waals surface area contributed by atoms with Crippen molar-refractivity contribution < 1.29 is 28.7 Å². The van der Waals surface area contributed by atoms with Gasteiger partial charge in [-0.15, -0.1) is 12.6 Å². The lowest BCUT2D eigenvalue weighted by Crippen LogP contribution is -2.43. The Labute approximate surface area is 201 Å². The first-order valence-electron chi connectivity index (χ1n) is 10.5. The van der Waals surface area contributed by atoms with Crippen LogP contribution in [0.25, 0.3) is 10.9 Å². The number of nitrogens with one attached hydrogen (secondary N) is 1. The number of amides is 2. The van der Waals surface area contributed by atoms with Crippen LogP contribution in [0.1, 0.15) is 23.3 Å². The molecule has 0 unspecified atom stereocenters. The molecule has 1 aromatic carbocycles. The number of carbonyl (C=O) groups is 4. The van der Waals surface area contributed by atoms with Gasteiger partial charge in [0.1, 0.15) is 19.3 Å². The molecule has 1 aliphatic rings. The maximum atomic E-state index is 13.1. The number of esters is 1. The molecule has 178 valence electrons. The monoisotopic (exact) mass is 484 g/mol. The molecule has 1 aliphatic heterocycles. The maximum Gasteiger partial charge on any atom is 0.410 e. The van der Waals surface area contributed by atoms with Gasteiger partial charge in [-0.25, -0.2) is 19.6 Å². The molecule has 0 bridgehead atoms. The Kier molecular flexibility index (Phi) is 8.36. The number of aromatic nitrogens is 2. The number of rotatable bonds is 9. The van der Waals surface area contributed by atoms with E-state index in [9.17, 15) is 19.2 Å². The number of nitrogens with zero attached hydrogens (tertiary/aromatic N) is 3. The molecule has 0 spiro atoms. The second kappa shape index (κ2) is 11.4. The van der Waals surface area contributed by atoms with Crippen LogP contribution in [0.4, 0.5) is 10.7 Å². The van der Waals surface area contributed by atoms with E-state index in [0.29, 0.717) is 10.9 Å². The highest BCUT2D eigenvalue weighted by Gasteiger charge is 2.41. The highest BCUT2D eigenvalue weighted by Crippen LogP contribution is 2.28. The number of para-hydroxylation sites is 1. The number of ether oxygens (including phenoxy) is 2. The van der Waals surface area contributed by atoms with Crippen molar-refractivity contribution in [3.63, 3.8) is 0 Å². The molecule has 2 aromatic rings. The lowest BCUT2D eigenvalue weighted by Gasteiger charge is -2.22. The lowest BCUT2D eigenvalue weighted by atomic mass is 10.0. The summed E-state index contributed by atoms with van der Waals surface area (Å²) in [6, 6.07) is 5.86. The number of anilines is 1. The Bertz CT molecular complexity index is 1140. The van der Waals surface area contributed by atoms with E-state index in [-0.39, 0.29) is 55.3 Å². The van der Waals surface area contributed by atoms with E-state index in [1.807, 2.05) is 0 Å². The molecule has 0 aliphatic carbocycles. The molecule has 1 fully saturated rings. The summed E-state index contributed by atoms with van der Waals surface area (Å²) in [5.41, 5.74) is 0.403. The Balaban J connectivity index is 1.87. The number of likely N-dealkylation sites (tertiary alicyclic amines) is 1. The minimum absolute atomic E-state index is 0.00599. The van der Waals surface area contributed by atoms with E-state index < -0.39 is 24.0 Å². The van der Waals surface area contributed by atoms with Crippen molar-refractivity contribution in [1.29, 1.82) is 0 Å². The third-order valence-corrected chi connectivity index (χ3v) is 5.26. The third-order valence-electron chi connectivity index (χ3n) is 5.08. The van der Waals surface area contributed by atoms with Gasteiger partial charge in [0.05, 0.1) is 5.52 Å². The second-order valence-corrected chi connectivity index (χ2v) is 8.02. The summed E-state index contributed by atoms with van der Waals surface area (Å²) in [4.78, 5) is 59.3. The van der Waals surface area contributed by atoms with E-state index in [1.165, 1.54) is 17.1 Å². The number of carbonyl (C=O) groups excluding carboxylic acids is 4. The highest BCUT2D eigenvalue weighted by molar-refractivity contribution is 7.96. The molecule has 1 aromatic heterocycles. The van der Waals surface area contributed by atoms with Crippen molar-refractivity contribution in [2.75, 3.05) is 25.1 Å². The molecule has 2 atom stereocenters. The minimum Gasteiger partial charge on any atom is -0.457 e. The van der Waals surface area contributed by atoms with Crippen LogP contribution in [0.15, 0.2) is 49.6 Å². The van der Waals surface area contributed by atoms with Crippen molar-refractivity contribution >= 4 is 52.6 Å².